The van der Waals surface area contributed by atoms with Crippen LogP contribution >= 0.6 is 11.3 Å². The Kier molecular flexibility index (Phi) is 4.13. The minimum absolute atomic E-state index is 0.0877. The third-order valence-electron chi connectivity index (χ3n) is 8.85. The van der Waals surface area contributed by atoms with Crippen molar-refractivity contribution in [3.8, 4) is 11.3 Å². The van der Waals surface area contributed by atoms with Crippen LogP contribution in [0.1, 0.15) is 84.9 Å². The predicted octanol–water partition coefficient (Wildman–Crippen LogP) is 11.1. The normalized spacial score (nSPS) is 18.6. The third kappa shape index (κ3) is 3.83. The maximum atomic E-state index is 9.35. The lowest BCUT2D eigenvalue weighted by Crippen LogP contribution is -2.33. The molecule has 2 heteroatoms. The summed E-state index contributed by atoms with van der Waals surface area (Å²) < 4.78 is 45.9. The molecule has 2 heterocycles. The molecule has 1 aliphatic rings. The van der Waals surface area contributed by atoms with Gasteiger partial charge in [-0.25, -0.2) is 0 Å². The molecule has 0 amide bonds. The van der Waals surface area contributed by atoms with Crippen molar-refractivity contribution in [1.82, 2.24) is 4.98 Å². The minimum Gasteiger partial charge on any atom is -0.256 e. The molecule has 2 aromatic heterocycles. The summed E-state index contributed by atoms with van der Waals surface area (Å²) in [4.78, 5) is 4.81. The van der Waals surface area contributed by atoms with Crippen LogP contribution in [0.15, 0.2) is 72.8 Å². The molecule has 0 saturated heterocycles. The van der Waals surface area contributed by atoms with Crippen molar-refractivity contribution in [2.75, 3.05) is 0 Å². The average molecular weight is 533 g/mol. The summed E-state index contributed by atoms with van der Waals surface area (Å²) in [6, 6.07) is 12.5. The average Bonchev–Trinajstić information content (AvgIpc) is 3.34. The molecule has 0 unspecified atom stereocenters. The highest BCUT2D eigenvalue weighted by Crippen LogP contribution is 2.49. The summed E-state index contributed by atoms with van der Waals surface area (Å²) in [5, 5.41) is 5.46. The van der Waals surface area contributed by atoms with Gasteiger partial charge in [0.15, 0.2) is 0 Å². The molecule has 0 atom stereocenters. The Morgan fingerprint density at radius 1 is 0.795 bits per heavy atom. The van der Waals surface area contributed by atoms with Gasteiger partial charge in [-0.2, -0.15) is 0 Å². The van der Waals surface area contributed by atoms with Crippen LogP contribution in [0.25, 0.3) is 53.0 Å². The lowest BCUT2D eigenvalue weighted by molar-refractivity contribution is 0.332. The zero-order chi connectivity index (χ0) is 31.7. The van der Waals surface area contributed by atoms with Crippen molar-refractivity contribution in [2.45, 2.75) is 77.6 Å². The van der Waals surface area contributed by atoms with Crippen LogP contribution in [-0.2, 0) is 16.2 Å². The molecule has 39 heavy (non-hydrogen) atoms. The minimum atomic E-state index is -0.528. The first-order valence-electron chi connectivity index (χ1n) is 16.4. The van der Waals surface area contributed by atoms with Gasteiger partial charge in [0.2, 0.25) is 0 Å². The van der Waals surface area contributed by atoms with Crippen LogP contribution in [0.5, 0.6) is 0 Å². The monoisotopic (exact) mass is 532 g/mol. The standard InChI is InChI=1S/C37H37NS/c1-35(2,3)29-17-24(16-22-10-8-9-11-25(22)29)32-19-27-23(21-38-32)12-13-26-28-18-30-31(20-33(28)39-34(26)27)37(6,7)15-14-36(30,4)5/h8-13,16-21H,14-15H2,1-7H3/i8D,9D,10D,11D,17D. The van der Waals surface area contributed by atoms with Crippen LogP contribution in [0.3, 0.4) is 0 Å². The van der Waals surface area contributed by atoms with E-state index >= 15 is 0 Å². The number of nitrogens with zero attached hydrogens (tertiary/aromatic N) is 1. The molecule has 1 nitrogen and oxygen atoms in total. The van der Waals surface area contributed by atoms with E-state index in [4.69, 9.17) is 10.5 Å². The van der Waals surface area contributed by atoms with Gasteiger partial charge in [-0.1, -0.05) is 84.8 Å². The van der Waals surface area contributed by atoms with E-state index in [1.807, 2.05) is 38.3 Å². The van der Waals surface area contributed by atoms with Crippen molar-refractivity contribution in [1.29, 1.82) is 0 Å². The lowest BCUT2D eigenvalue weighted by Gasteiger charge is -2.41. The zero-order valence-electron chi connectivity index (χ0n) is 28.8. The summed E-state index contributed by atoms with van der Waals surface area (Å²) in [6.07, 6.45) is 4.21. The molecule has 0 spiro atoms. The molecule has 4 aromatic carbocycles. The number of hydrogen-bond acceptors (Lipinski definition) is 2. The Morgan fingerprint density at radius 3 is 2.26 bits per heavy atom. The van der Waals surface area contributed by atoms with Crippen molar-refractivity contribution >= 4 is 53.1 Å². The second kappa shape index (κ2) is 8.15. The first-order valence-corrected chi connectivity index (χ1v) is 14.7. The molecule has 0 saturated carbocycles. The van der Waals surface area contributed by atoms with Crippen LogP contribution in [-0.4, -0.2) is 4.98 Å². The van der Waals surface area contributed by atoms with Gasteiger partial charge < -0.3 is 0 Å². The topological polar surface area (TPSA) is 12.9 Å². The Bertz CT molecular complexity index is 2220. The summed E-state index contributed by atoms with van der Waals surface area (Å²) in [5.74, 6) is 0. The fourth-order valence-electron chi connectivity index (χ4n) is 6.36. The van der Waals surface area contributed by atoms with Gasteiger partial charge in [-0.05, 0) is 86.9 Å². The van der Waals surface area contributed by atoms with Crippen LogP contribution in [0.4, 0.5) is 0 Å². The molecule has 7 rings (SSSR count). The second-order valence-corrected chi connectivity index (χ2v) is 14.6. The van der Waals surface area contributed by atoms with Crippen molar-refractivity contribution in [2.24, 2.45) is 0 Å². The Labute approximate surface area is 242 Å². The van der Waals surface area contributed by atoms with Gasteiger partial charge in [0.25, 0.3) is 0 Å². The maximum Gasteiger partial charge on any atom is 0.0709 e. The zero-order valence-corrected chi connectivity index (χ0v) is 24.6. The number of hydrogen-bond donors (Lipinski definition) is 0. The van der Waals surface area contributed by atoms with E-state index in [2.05, 4.69) is 58.0 Å². The first kappa shape index (κ1) is 19.8. The summed E-state index contributed by atoms with van der Waals surface area (Å²) in [6.45, 7) is 15.4. The van der Waals surface area contributed by atoms with E-state index in [1.165, 1.54) is 44.1 Å². The number of aromatic nitrogens is 1. The number of benzene rings is 4. The molecule has 196 valence electrons. The Hall–Kier alpha value is -3.23. The van der Waals surface area contributed by atoms with E-state index in [1.54, 1.807) is 6.07 Å². The van der Waals surface area contributed by atoms with E-state index < -0.39 is 5.41 Å². The highest BCUT2D eigenvalue weighted by atomic mass is 32.1. The SMILES string of the molecule is [2H]c1c([2H])c([2H])c2c(C(C)(C)C)c([2H])c(-c3cc4c(ccc5c6cc7c(cc6sc45)C(C)(C)CCC7(C)C)cn3)cc2c1[2H]. The molecule has 6 aromatic rings. The van der Waals surface area contributed by atoms with E-state index in [0.29, 0.717) is 27.6 Å². The lowest BCUT2D eigenvalue weighted by atomic mass is 9.63. The highest BCUT2D eigenvalue weighted by Gasteiger charge is 2.37. The Morgan fingerprint density at radius 2 is 1.51 bits per heavy atom. The summed E-state index contributed by atoms with van der Waals surface area (Å²) >= 11 is 1.82. The first-order chi connectivity index (χ1) is 20.5. The molecule has 0 bridgehead atoms. The molecular formula is C37H37NS. The second-order valence-electron chi connectivity index (χ2n) is 13.6. The Balaban J connectivity index is 1.53. The highest BCUT2D eigenvalue weighted by molar-refractivity contribution is 7.26. The smallest absolute Gasteiger partial charge is 0.0709 e. The van der Waals surface area contributed by atoms with Crippen LogP contribution in [0.2, 0.25) is 0 Å². The van der Waals surface area contributed by atoms with E-state index in [9.17, 15) is 1.37 Å². The van der Waals surface area contributed by atoms with Gasteiger partial charge in [-0.15, -0.1) is 11.3 Å². The van der Waals surface area contributed by atoms with Gasteiger partial charge in [0.1, 0.15) is 0 Å². The number of thiophene rings is 1. The predicted molar refractivity (Wildman–Crippen MR) is 172 cm³/mol. The van der Waals surface area contributed by atoms with Crippen LogP contribution < -0.4 is 0 Å². The molecule has 0 N–H and O–H groups in total. The molecule has 0 aliphatic heterocycles. The number of rotatable bonds is 1. The van der Waals surface area contributed by atoms with Crippen molar-refractivity contribution in [3.63, 3.8) is 0 Å². The van der Waals surface area contributed by atoms with Gasteiger partial charge in [0, 0.05) is 42.7 Å². The van der Waals surface area contributed by atoms with Gasteiger partial charge in [-0.3, -0.25) is 4.98 Å². The third-order valence-corrected chi connectivity index (χ3v) is 10.1. The molecular weight excluding hydrogens is 490 g/mol. The maximum absolute atomic E-state index is 9.35. The molecule has 1 aliphatic carbocycles. The largest absolute Gasteiger partial charge is 0.256 e. The van der Waals surface area contributed by atoms with Crippen molar-refractivity contribution in [3.05, 3.63) is 89.5 Å². The quantitative estimate of drug-likeness (QED) is 0.205. The van der Waals surface area contributed by atoms with Crippen molar-refractivity contribution < 1.29 is 6.85 Å². The molecule has 0 fully saturated rings. The fraction of sp³-hybridized carbons (Fsp3) is 0.324. The van der Waals surface area contributed by atoms with E-state index in [-0.39, 0.29) is 41.0 Å². The van der Waals surface area contributed by atoms with Crippen LogP contribution in [0, 0.1) is 0 Å². The van der Waals surface area contributed by atoms with Gasteiger partial charge in [0.05, 0.1) is 12.5 Å². The summed E-state index contributed by atoms with van der Waals surface area (Å²) in [7, 11) is 0. The van der Waals surface area contributed by atoms with Gasteiger partial charge >= 0.3 is 0 Å². The fourth-order valence-corrected chi connectivity index (χ4v) is 7.61. The van der Waals surface area contributed by atoms with E-state index in [0.717, 1.165) is 10.8 Å². The number of fused-ring (bicyclic) bond motifs is 7. The number of pyridine rings is 1. The molecule has 0 radical (unpaired) electrons. The summed E-state index contributed by atoms with van der Waals surface area (Å²) in [5.41, 5.74) is 4.45.